The maximum absolute atomic E-state index is 11.2. The van der Waals surface area contributed by atoms with Gasteiger partial charge in [-0.1, -0.05) is 0 Å². The molecule has 0 fully saturated rings. The van der Waals surface area contributed by atoms with Crippen LogP contribution in [0, 0.1) is 11.3 Å². The first-order valence-electron chi connectivity index (χ1n) is 5.73. The monoisotopic (exact) mass is 247 g/mol. The van der Waals surface area contributed by atoms with Crippen LogP contribution in [0.15, 0.2) is 18.2 Å². The van der Waals surface area contributed by atoms with E-state index in [0.717, 1.165) is 0 Å². The highest BCUT2D eigenvalue weighted by Gasteiger charge is 2.18. The molecule has 0 spiro atoms. The molecule has 0 heterocycles. The normalized spacial score (nSPS) is 10.1. The Morgan fingerprint density at radius 2 is 2.22 bits per heavy atom. The molecule has 5 heteroatoms. The SMILES string of the molecule is CC(C)N(CCC#N)c1ccc(N)cc1C(=O)O. The molecule has 3 N–H and O–H groups in total. The molecule has 0 aromatic heterocycles. The number of nitrogens with two attached hydrogens (primary N) is 1. The van der Waals surface area contributed by atoms with Crippen LogP contribution in [0.5, 0.6) is 0 Å². The number of anilines is 2. The number of carbonyl (C=O) groups is 1. The fraction of sp³-hybridized carbons (Fsp3) is 0.385. The van der Waals surface area contributed by atoms with Crippen molar-refractivity contribution >= 4 is 17.3 Å². The molecule has 0 bridgehead atoms. The highest BCUT2D eigenvalue weighted by Crippen LogP contribution is 2.25. The van der Waals surface area contributed by atoms with Crippen LogP contribution in [0.1, 0.15) is 30.6 Å². The third-order valence-corrected chi connectivity index (χ3v) is 2.65. The second-order valence-corrected chi connectivity index (χ2v) is 4.28. The maximum atomic E-state index is 11.2. The molecule has 96 valence electrons. The first-order valence-corrected chi connectivity index (χ1v) is 5.73. The van der Waals surface area contributed by atoms with E-state index in [1.165, 1.54) is 6.07 Å². The lowest BCUT2D eigenvalue weighted by molar-refractivity contribution is 0.0697. The standard InChI is InChI=1S/C13H17N3O2/c1-9(2)16(7-3-6-14)12-5-4-10(15)8-11(12)13(17)18/h4-5,8-9H,3,7,15H2,1-2H3,(H,17,18). The summed E-state index contributed by atoms with van der Waals surface area (Å²) in [6, 6.07) is 6.98. The predicted molar refractivity (Wildman–Crippen MR) is 70.5 cm³/mol. The molecular formula is C13H17N3O2. The summed E-state index contributed by atoms with van der Waals surface area (Å²) in [5, 5.41) is 17.9. The van der Waals surface area contributed by atoms with Crippen LogP contribution >= 0.6 is 0 Å². The molecule has 0 atom stereocenters. The van der Waals surface area contributed by atoms with Gasteiger partial charge >= 0.3 is 5.97 Å². The number of rotatable bonds is 5. The average Bonchev–Trinajstić information content (AvgIpc) is 2.30. The van der Waals surface area contributed by atoms with Crippen molar-refractivity contribution in [1.29, 1.82) is 5.26 Å². The third kappa shape index (κ3) is 3.14. The molecule has 0 saturated carbocycles. The van der Waals surface area contributed by atoms with Gasteiger partial charge in [0.2, 0.25) is 0 Å². The summed E-state index contributed by atoms with van der Waals surface area (Å²) in [6.07, 6.45) is 0.349. The van der Waals surface area contributed by atoms with E-state index in [0.29, 0.717) is 24.3 Å². The first kappa shape index (κ1) is 13.8. The zero-order chi connectivity index (χ0) is 13.7. The molecule has 0 amide bonds. The maximum Gasteiger partial charge on any atom is 0.337 e. The molecule has 0 aliphatic heterocycles. The Kier molecular flexibility index (Phi) is 4.55. The summed E-state index contributed by atoms with van der Waals surface area (Å²) < 4.78 is 0. The van der Waals surface area contributed by atoms with Gasteiger partial charge in [-0.05, 0) is 32.0 Å². The van der Waals surface area contributed by atoms with E-state index in [9.17, 15) is 9.90 Å². The Bertz CT molecular complexity index is 478. The molecular weight excluding hydrogens is 230 g/mol. The van der Waals surface area contributed by atoms with Crippen LogP contribution in [0.25, 0.3) is 0 Å². The third-order valence-electron chi connectivity index (χ3n) is 2.65. The van der Waals surface area contributed by atoms with Crippen molar-refractivity contribution in [3.8, 4) is 6.07 Å². The number of nitrogens with zero attached hydrogens (tertiary/aromatic N) is 2. The molecule has 0 unspecified atom stereocenters. The Hall–Kier alpha value is -2.22. The van der Waals surface area contributed by atoms with Gasteiger partial charge < -0.3 is 15.7 Å². The van der Waals surface area contributed by atoms with Gasteiger partial charge in [0.1, 0.15) is 0 Å². The van der Waals surface area contributed by atoms with Crippen LogP contribution in [-0.4, -0.2) is 23.7 Å². The first-order chi connectivity index (χ1) is 8.47. The predicted octanol–water partition coefficient (Wildman–Crippen LogP) is 2.10. The van der Waals surface area contributed by atoms with E-state index in [1.807, 2.05) is 18.7 Å². The molecule has 1 aromatic carbocycles. The summed E-state index contributed by atoms with van der Waals surface area (Å²) in [4.78, 5) is 13.1. The number of hydrogen-bond donors (Lipinski definition) is 2. The molecule has 0 saturated heterocycles. The number of aromatic carboxylic acids is 1. The second-order valence-electron chi connectivity index (χ2n) is 4.28. The molecule has 0 aliphatic carbocycles. The second kappa shape index (κ2) is 5.92. The fourth-order valence-corrected chi connectivity index (χ4v) is 1.80. The minimum absolute atomic E-state index is 0.111. The van der Waals surface area contributed by atoms with E-state index < -0.39 is 5.97 Å². The molecule has 0 aliphatic rings. The van der Waals surface area contributed by atoms with Crippen LogP contribution < -0.4 is 10.6 Å². The summed E-state index contributed by atoms with van der Waals surface area (Å²) in [5.74, 6) is -1.01. The minimum atomic E-state index is -1.01. The highest BCUT2D eigenvalue weighted by molar-refractivity contribution is 5.95. The lowest BCUT2D eigenvalue weighted by Crippen LogP contribution is -2.33. The van der Waals surface area contributed by atoms with Gasteiger partial charge in [0.05, 0.1) is 23.7 Å². The van der Waals surface area contributed by atoms with Gasteiger partial charge in [0, 0.05) is 18.3 Å². The Balaban J connectivity index is 3.19. The number of hydrogen-bond acceptors (Lipinski definition) is 4. The van der Waals surface area contributed by atoms with Crippen molar-refractivity contribution in [3.05, 3.63) is 23.8 Å². The van der Waals surface area contributed by atoms with Gasteiger partial charge in [0.15, 0.2) is 0 Å². The molecule has 18 heavy (non-hydrogen) atoms. The van der Waals surface area contributed by atoms with Gasteiger partial charge in [-0.3, -0.25) is 0 Å². The number of carboxylic acid groups (broad SMARTS) is 1. The van der Waals surface area contributed by atoms with Crippen molar-refractivity contribution < 1.29 is 9.90 Å². The van der Waals surface area contributed by atoms with Gasteiger partial charge in [0.25, 0.3) is 0 Å². The van der Waals surface area contributed by atoms with Crippen molar-refractivity contribution in [2.45, 2.75) is 26.3 Å². The lowest BCUT2D eigenvalue weighted by atomic mass is 10.1. The lowest BCUT2D eigenvalue weighted by Gasteiger charge is -2.29. The van der Waals surface area contributed by atoms with Crippen LogP contribution in [0.3, 0.4) is 0 Å². The highest BCUT2D eigenvalue weighted by atomic mass is 16.4. The number of nitriles is 1. The summed E-state index contributed by atoms with van der Waals surface area (Å²) in [5.41, 5.74) is 6.79. The molecule has 1 rings (SSSR count). The van der Waals surface area contributed by atoms with E-state index >= 15 is 0 Å². The Morgan fingerprint density at radius 1 is 1.56 bits per heavy atom. The minimum Gasteiger partial charge on any atom is -0.478 e. The summed E-state index contributed by atoms with van der Waals surface area (Å²) >= 11 is 0. The Labute approximate surface area is 106 Å². The van der Waals surface area contributed by atoms with Crippen molar-refractivity contribution in [2.75, 3.05) is 17.2 Å². The smallest absolute Gasteiger partial charge is 0.337 e. The zero-order valence-electron chi connectivity index (χ0n) is 10.6. The molecule has 5 nitrogen and oxygen atoms in total. The van der Waals surface area contributed by atoms with Crippen LogP contribution in [0.2, 0.25) is 0 Å². The van der Waals surface area contributed by atoms with Crippen molar-refractivity contribution in [1.82, 2.24) is 0 Å². The quantitative estimate of drug-likeness (QED) is 0.777. The fourth-order valence-electron chi connectivity index (χ4n) is 1.80. The van der Waals surface area contributed by atoms with Gasteiger partial charge in [-0.2, -0.15) is 5.26 Å². The van der Waals surface area contributed by atoms with E-state index in [-0.39, 0.29) is 11.6 Å². The van der Waals surface area contributed by atoms with E-state index in [4.69, 9.17) is 11.0 Å². The van der Waals surface area contributed by atoms with Crippen LogP contribution in [0.4, 0.5) is 11.4 Å². The van der Waals surface area contributed by atoms with Gasteiger partial charge in [-0.15, -0.1) is 0 Å². The summed E-state index contributed by atoms with van der Waals surface area (Å²) in [7, 11) is 0. The van der Waals surface area contributed by atoms with Gasteiger partial charge in [-0.25, -0.2) is 4.79 Å². The van der Waals surface area contributed by atoms with Crippen molar-refractivity contribution in [2.24, 2.45) is 0 Å². The van der Waals surface area contributed by atoms with E-state index in [2.05, 4.69) is 6.07 Å². The zero-order valence-corrected chi connectivity index (χ0v) is 10.6. The topological polar surface area (TPSA) is 90.4 Å². The van der Waals surface area contributed by atoms with Crippen molar-refractivity contribution in [3.63, 3.8) is 0 Å². The number of carboxylic acids is 1. The average molecular weight is 247 g/mol. The Morgan fingerprint density at radius 3 is 2.72 bits per heavy atom. The number of nitrogen functional groups attached to an aromatic ring is 1. The van der Waals surface area contributed by atoms with Crippen LogP contribution in [-0.2, 0) is 0 Å². The number of benzene rings is 1. The molecule has 0 radical (unpaired) electrons. The summed E-state index contributed by atoms with van der Waals surface area (Å²) in [6.45, 7) is 4.41. The van der Waals surface area contributed by atoms with E-state index in [1.54, 1.807) is 12.1 Å². The largest absolute Gasteiger partial charge is 0.478 e. The molecule has 1 aromatic rings.